The van der Waals surface area contributed by atoms with E-state index in [2.05, 4.69) is 10.2 Å². The number of anilines is 1. The first kappa shape index (κ1) is 18.1. The second-order valence-corrected chi connectivity index (χ2v) is 6.88. The molecule has 0 saturated carbocycles. The van der Waals surface area contributed by atoms with Crippen molar-refractivity contribution in [3.63, 3.8) is 0 Å². The molecule has 0 spiro atoms. The number of hydrogen-bond acceptors (Lipinski definition) is 3. The molecule has 0 aliphatic carbocycles. The van der Waals surface area contributed by atoms with Crippen molar-refractivity contribution in [3.05, 3.63) is 65.7 Å². The summed E-state index contributed by atoms with van der Waals surface area (Å²) in [5.41, 5.74) is 8.33. The highest BCUT2D eigenvalue weighted by atomic mass is 16.2. The fraction of sp³-hybridized carbons (Fsp3) is 0.333. The molecular formula is C21H25N3O2. The minimum absolute atomic E-state index is 0.0578. The van der Waals surface area contributed by atoms with Crippen LogP contribution >= 0.6 is 0 Å². The zero-order valence-electron chi connectivity index (χ0n) is 15.0. The normalized spacial score (nSPS) is 16.8. The van der Waals surface area contributed by atoms with Gasteiger partial charge in [0, 0.05) is 11.6 Å². The van der Waals surface area contributed by atoms with Crippen molar-refractivity contribution >= 4 is 17.5 Å². The lowest BCUT2D eigenvalue weighted by Gasteiger charge is -2.36. The van der Waals surface area contributed by atoms with Gasteiger partial charge in [-0.25, -0.2) is 0 Å². The van der Waals surface area contributed by atoms with Crippen LogP contribution in [0.3, 0.4) is 0 Å². The minimum atomic E-state index is -0.383. The third-order valence-corrected chi connectivity index (χ3v) is 4.98. The van der Waals surface area contributed by atoms with Gasteiger partial charge in [0.05, 0.1) is 0 Å². The van der Waals surface area contributed by atoms with Gasteiger partial charge < -0.3 is 11.1 Å². The van der Waals surface area contributed by atoms with E-state index in [0.717, 1.165) is 16.8 Å². The van der Waals surface area contributed by atoms with Gasteiger partial charge in [0.25, 0.3) is 0 Å². The summed E-state index contributed by atoms with van der Waals surface area (Å²) in [6.07, 6.45) is 1.38. The Morgan fingerprint density at radius 3 is 2.23 bits per heavy atom. The Labute approximate surface area is 154 Å². The van der Waals surface area contributed by atoms with Crippen molar-refractivity contribution in [1.29, 1.82) is 0 Å². The summed E-state index contributed by atoms with van der Waals surface area (Å²) < 4.78 is 0. The van der Waals surface area contributed by atoms with Gasteiger partial charge in [-0.15, -0.1) is 0 Å². The summed E-state index contributed by atoms with van der Waals surface area (Å²) in [5, 5.41) is 3.03. The van der Waals surface area contributed by atoms with Crippen molar-refractivity contribution in [3.8, 4) is 0 Å². The summed E-state index contributed by atoms with van der Waals surface area (Å²) in [5.74, 6) is -0.398. The first-order valence-corrected chi connectivity index (χ1v) is 9.00. The standard InChI is InChI=1S/C21H25N3O2/c1-15-7-9-18(10-8-15)23-21(26)19(16-5-3-2-4-6-16)24-13-11-17(12-14-24)20(22)25/h2-10,17,19H,11-14H2,1H3,(H2,22,25)(H,23,26). The van der Waals surface area contributed by atoms with E-state index in [1.807, 2.05) is 61.5 Å². The molecule has 136 valence electrons. The van der Waals surface area contributed by atoms with Crippen molar-refractivity contribution in [2.75, 3.05) is 18.4 Å². The van der Waals surface area contributed by atoms with Gasteiger partial charge in [0.1, 0.15) is 6.04 Å². The van der Waals surface area contributed by atoms with Gasteiger partial charge in [-0.3, -0.25) is 14.5 Å². The molecule has 3 rings (SSSR count). The molecule has 5 nitrogen and oxygen atoms in total. The lowest BCUT2D eigenvalue weighted by molar-refractivity contribution is -0.125. The number of carbonyl (C=O) groups is 2. The number of aryl methyl sites for hydroxylation is 1. The van der Waals surface area contributed by atoms with Crippen LogP contribution in [-0.2, 0) is 9.59 Å². The first-order valence-electron chi connectivity index (χ1n) is 9.00. The number of amides is 2. The molecule has 1 saturated heterocycles. The lowest BCUT2D eigenvalue weighted by Crippen LogP contribution is -2.44. The SMILES string of the molecule is Cc1ccc(NC(=O)C(c2ccccc2)N2CCC(C(N)=O)CC2)cc1. The van der Waals surface area contributed by atoms with Gasteiger partial charge in [-0.1, -0.05) is 48.0 Å². The van der Waals surface area contributed by atoms with Gasteiger partial charge in [0.15, 0.2) is 0 Å². The van der Waals surface area contributed by atoms with E-state index in [4.69, 9.17) is 5.73 Å². The number of piperidine rings is 1. The minimum Gasteiger partial charge on any atom is -0.369 e. The molecule has 2 aromatic rings. The third kappa shape index (κ3) is 4.29. The zero-order chi connectivity index (χ0) is 18.5. The Hall–Kier alpha value is -2.66. The van der Waals surface area contributed by atoms with Crippen LogP contribution in [0.25, 0.3) is 0 Å². The predicted octanol–water partition coefficient (Wildman–Crippen LogP) is 2.87. The van der Waals surface area contributed by atoms with Gasteiger partial charge in [0.2, 0.25) is 11.8 Å². The van der Waals surface area contributed by atoms with E-state index in [0.29, 0.717) is 25.9 Å². The van der Waals surface area contributed by atoms with E-state index in [1.165, 1.54) is 0 Å². The third-order valence-electron chi connectivity index (χ3n) is 4.98. The van der Waals surface area contributed by atoms with Crippen LogP contribution in [0.1, 0.15) is 30.0 Å². The number of benzene rings is 2. The lowest BCUT2D eigenvalue weighted by atomic mass is 9.93. The fourth-order valence-electron chi connectivity index (χ4n) is 3.45. The molecule has 0 bridgehead atoms. The molecule has 3 N–H and O–H groups in total. The topological polar surface area (TPSA) is 75.4 Å². The average Bonchev–Trinajstić information content (AvgIpc) is 2.65. The summed E-state index contributed by atoms with van der Waals surface area (Å²) >= 11 is 0. The molecule has 1 atom stereocenters. The van der Waals surface area contributed by atoms with Gasteiger partial charge in [-0.05, 0) is 50.6 Å². The van der Waals surface area contributed by atoms with E-state index in [9.17, 15) is 9.59 Å². The number of likely N-dealkylation sites (tertiary alicyclic amines) is 1. The molecular weight excluding hydrogens is 326 g/mol. The Bertz CT molecular complexity index is 751. The number of hydrogen-bond donors (Lipinski definition) is 2. The molecule has 0 radical (unpaired) electrons. The largest absolute Gasteiger partial charge is 0.369 e. The Balaban J connectivity index is 1.79. The summed E-state index contributed by atoms with van der Waals surface area (Å²) in [6.45, 7) is 3.37. The molecule has 1 unspecified atom stereocenters. The smallest absolute Gasteiger partial charge is 0.246 e. The molecule has 1 fully saturated rings. The average molecular weight is 351 g/mol. The quantitative estimate of drug-likeness (QED) is 0.870. The highest BCUT2D eigenvalue weighted by Crippen LogP contribution is 2.28. The van der Waals surface area contributed by atoms with Crippen LogP contribution in [0.2, 0.25) is 0 Å². The molecule has 1 aliphatic heterocycles. The zero-order valence-corrected chi connectivity index (χ0v) is 15.0. The monoisotopic (exact) mass is 351 g/mol. The summed E-state index contributed by atoms with van der Waals surface area (Å²) in [4.78, 5) is 26.6. The van der Waals surface area contributed by atoms with Crippen LogP contribution < -0.4 is 11.1 Å². The molecule has 1 aliphatic rings. The predicted molar refractivity (Wildman–Crippen MR) is 102 cm³/mol. The molecule has 1 heterocycles. The van der Waals surface area contributed by atoms with E-state index >= 15 is 0 Å². The first-order chi connectivity index (χ1) is 12.5. The van der Waals surface area contributed by atoms with E-state index < -0.39 is 0 Å². The van der Waals surface area contributed by atoms with Crippen LogP contribution in [0.15, 0.2) is 54.6 Å². The van der Waals surface area contributed by atoms with Crippen molar-refractivity contribution in [2.24, 2.45) is 11.7 Å². The number of primary amides is 1. The maximum Gasteiger partial charge on any atom is 0.246 e. The second kappa shape index (κ2) is 8.15. The number of carbonyl (C=O) groups excluding carboxylic acids is 2. The Morgan fingerprint density at radius 2 is 1.65 bits per heavy atom. The summed E-state index contributed by atoms with van der Waals surface area (Å²) in [7, 11) is 0. The molecule has 0 aromatic heterocycles. The number of nitrogens with one attached hydrogen (secondary N) is 1. The van der Waals surface area contributed by atoms with Crippen LogP contribution in [0.5, 0.6) is 0 Å². The van der Waals surface area contributed by atoms with Crippen molar-refractivity contribution in [1.82, 2.24) is 4.90 Å². The number of nitrogens with zero attached hydrogens (tertiary/aromatic N) is 1. The fourth-order valence-corrected chi connectivity index (χ4v) is 3.45. The highest BCUT2D eigenvalue weighted by Gasteiger charge is 2.32. The van der Waals surface area contributed by atoms with Gasteiger partial charge >= 0.3 is 0 Å². The van der Waals surface area contributed by atoms with Crippen molar-refractivity contribution in [2.45, 2.75) is 25.8 Å². The maximum absolute atomic E-state index is 13.1. The molecule has 26 heavy (non-hydrogen) atoms. The van der Waals surface area contributed by atoms with E-state index in [-0.39, 0.29) is 23.8 Å². The molecule has 5 heteroatoms. The van der Waals surface area contributed by atoms with Gasteiger partial charge in [-0.2, -0.15) is 0 Å². The Morgan fingerprint density at radius 1 is 1.04 bits per heavy atom. The molecule has 2 aromatic carbocycles. The maximum atomic E-state index is 13.1. The number of rotatable bonds is 5. The van der Waals surface area contributed by atoms with Crippen LogP contribution in [0.4, 0.5) is 5.69 Å². The van der Waals surface area contributed by atoms with Crippen LogP contribution in [-0.4, -0.2) is 29.8 Å². The van der Waals surface area contributed by atoms with E-state index in [1.54, 1.807) is 0 Å². The summed E-state index contributed by atoms with van der Waals surface area (Å²) in [6, 6.07) is 17.2. The van der Waals surface area contributed by atoms with Crippen molar-refractivity contribution < 1.29 is 9.59 Å². The molecule has 2 amide bonds. The van der Waals surface area contributed by atoms with Crippen LogP contribution in [0, 0.1) is 12.8 Å². The Kier molecular flexibility index (Phi) is 5.68. The number of nitrogens with two attached hydrogens (primary N) is 1. The second-order valence-electron chi connectivity index (χ2n) is 6.88. The highest BCUT2D eigenvalue weighted by molar-refractivity contribution is 5.95.